The highest BCUT2D eigenvalue weighted by Gasteiger charge is 2.29. The second-order valence-electron chi connectivity index (χ2n) is 4.42. The largest absolute Gasteiger partial charge is 0.381 e. The normalized spacial score (nSPS) is 24.3. The second kappa shape index (κ2) is 6.19. The lowest BCUT2D eigenvalue weighted by Gasteiger charge is -2.39. The molecule has 2 N–H and O–H groups in total. The van der Waals surface area contributed by atoms with Crippen LogP contribution in [0.25, 0.3) is 0 Å². The minimum Gasteiger partial charge on any atom is -0.381 e. The van der Waals surface area contributed by atoms with E-state index in [2.05, 4.69) is 25.8 Å². The van der Waals surface area contributed by atoms with E-state index in [1.54, 1.807) is 13.3 Å². The number of nitrogens with two attached hydrogens (primary N) is 1. The van der Waals surface area contributed by atoms with Crippen LogP contribution in [-0.2, 0) is 4.74 Å². The van der Waals surface area contributed by atoms with Crippen molar-refractivity contribution in [1.82, 2.24) is 4.98 Å². The first-order chi connectivity index (χ1) is 8.65. The highest BCUT2D eigenvalue weighted by atomic mass is 79.9. The summed E-state index contributed by atoms with van der Waals surface area (Å²) in [5, 5.41) is 0.627. The molecular weight excluding hydrogens is 318 g/mol. The second-order valence-corrected chi connectivity index (χ2v) is 5.71. The third-order valence-corrected chi connectivity index (χ3v) is 4.12. The van der Waals surface area contributed by atoms with Gasteiger partial charge in [0.05, 0.1) is 15.6 Å². The molecule has 2 atom stereocenters. The number of hydrogen-bond acceptors (Lipinski definition) is 4. The molecule has 1 saturated heterocycles. The summed E-state index contributed by atoms with van der Waals surface area (Å²) >= 11 is 9.43. The number of pyridine rings is 1. The lowest BCUT2D eigenvalue weighted by molar-refractivity contribution is 0.0707. The molecule has 0 aromatic carbocycles. The molecule has 4 nitrogen and oxygen atoms in total. The Hall–Kier alpha value is -0.360. The van der Waals surface area contributed by atoms with Crippen molar-refractivity contribution in [3.05, 3.63) is 21.8 Å². The molecule has 2 unspecified atom stereocenters. The zero-order chi connectivity index (χ0) is 13.1. The molecule has 0 radical (unpaired) electrons. The summed E-state index contributed by atoms with van der Waals surface area (Å²) in [7, 11) is 1.75. The van der Waals surface area contributed by atoms with Crippen LogP contribution in [0.15, 0.2) is 16.7 Å². The van der Waals surface area contributed by atoms with Crippen LogP contribution in [0.4, 0.5) is 5.82 Å². The zero-order valence-electron chi connectivity index (χ0n) is 10.3. The Morgan fingerprint density at radius 3 is 3.06 bits per heavy atom. The van der Waals surface area contributed by atoms with E-state index >= 15 is 0 Å². The molecule has 2 rings (SSSR count). The molecule has 1 aromatic rings. The molecule has 100 valence electrons. The number of rotatable bonds is 3. The van der Waals surface area contributed by atoms with Crippen LogP contribution in [-0.4, -0.2) is 37.3 Å². The van der Waals surface area contributed by atoms with E-state index < -0.39 is 0 Å². The maximum atomic E-state index is 5.92. The van der Waals surface area contributed by atoms with Gasteiger partial charge in [0.1, 0.15) is 5.82 Å². The minimum absolute atomic E-state index is 0.258. The van der Waals surface area contributed by atoms with Gasteiger partial charge >= 0.3 is 0 Å². The Kier molecular flexibility index (Phi) is 4.84. The van der Waals surface area contributed by atoms with E-state index in [1.807, 2.05) is 6.07 Å². The van der Waals surface area contributed by atoms with Crippen molar-refractivity contribution < 1.29 is 4.74 Å². The molecule has 1 aromatic heterocycles. The topological polar surface area (TPSA) is 51.4 Å². The van der Waals surface area contributed by atoms with E-state index in [9.17, 15) is 0 Å². The van der Waals surface area contributed by atoms with Gasteiger partial charge in [0.2, 0.25) is 0 Å². The van der Waals surface area contributed by atoms with Crippen LogP contribution in [0.1, 0.15) is 12.8 Å². The first kappa shape index (κ1) is 14.1. The zero-order valence-corrected chi connectivity index (χ0v) is 12.6. The van der Waals surface area contributed by atoms with Crippen LogP contribution in [0.5, 0.6) is 0 Å². The number of ether oxygens (including phenoxy) is 1. The molecule has 0 bridgehead atoms. The summed E-state index contributed by atoms with van der Waals surface area (Å²) in [6.45, 7) is 1.49. The SMILES string of the molecule is COC1CCN(c2ncc(Cl)cc2Br)C(CN)C1. The van der Waals surface area contributed by atoms with Crippen molar-refractivity contribution in [1.29, 1.82) is 0 Å². The van der Waals surface area contributed by atoms with Crippen molar-refractivity contribution in [3.8, 4) is 0 Å². The highest BCUT2D eigenvalue weighted by Crippen LogP contribution is 2.31. The smallest absolute Gasteiger partial charge is 0.143 e. The van der Waals surface area contributed by atoms with Gasteiger partial charge in [0.15, 0.2) is 0 Å². The maximum Gasteiger partial charge on any atom is 0.143 e. The fourth-order valence-corrected chi connectivity index (χ4v) is 3.22. The Morgan fingerprint density at radius 2 is 2.44 bits per heavy atom. The average molecular weight is 335 g/mol. The summed E-state index contributed by atoms with van der Waals surface area (Å²) < 4.78 is 6.33. The van der Waals surface area contributed by atoms with Gasteiger partial charge < -0.3 is 15.4 Å². The molecule has 18 heavy (non-hydrogen) atoms. The molecule has 0 amide bonds. The van der Waals surface area contributed by atoms with Crippen LogP contribution in [0.2, 0.25) is 5.02 Å². The molecule has 0 spiro atoms. The summed E-state index contributed by atoms with van der Waals surface area (Å²) in [5.74, 6) is 0.907. The van der Waals surface area contributed by atoms with Gasteiger partial charge in [-0.1, -0.05) is 11.6 Å². The van der Waals surface area contributed by atoms with Crippen molar-refractivity contribution in [2.24, 2.45) is 5.73 Å². The van der Waals surface area contributed by atoms with Crippen molar-refractivity contribution in [3.63, 3.8) is 0 Å². The van der Waals surface area contributed by atoms with Gasteiger partial charge in [-0.3, -0.25) is 0 Å². The Morgan fingerprint density at radius 1 is 1.67 bits per heavy atom. The van der Waals surface area contributed by atoms with Crippen LogP contribution in [0, 0.1) is 0 Å². The average Bonchev–Trinajstić information content (AvgIpc) is 2.38. The van der Waals surface area contributed by atoms with Crippen molar-refractivity contribution in [2.75, 3.05) is 25.1 Å². The summed E-state index contributed by atoms with van der Waals surface area (Å²) in [6, 6.07) is 2.12. The van der Waals surface area contributed by atoms with Crippen LogP contribution in [0.3, 0.4) is 0 Å². The quantitative estimate of drug-likeness (QED) is 0.922. The van der Waals surface area contributed by atoms with Gasteiger partial charge in [-0.15, -0.1) is 0 Å². The fraction of sp³-hybridized carbons (Fsp3) is 0.583. The van der Waals surface area contributed by atoms with Crippen molar-refractivity contribution in [2.45, 2.75) is 25.0 Å². The van der Waals surface area contributed by atoms with E-state index in [0.717, 1.165) is 29.7 Å². The number of anilines is 1. The summed E-state index contributed by atoms with van der Waals surface area (Å²) in [6.07, 6.45) is 3.88. The molecule has 0 saturated carbocycles. The lowest BCUT2D eigenvalue weighted by atomic mass is 9.99. The standard InChI is InChI=1S/C12H17BrClN3O/c1-18-10-2-3-17(9(5-10)6-15)12-11(13)4-8(14)7-16-12/h4,7,9-10H,2-3,5-6,15H2,1H3. The molecular formula is C12H17BrClN3O. The Labute approximate surface area is 121 Å². The molecule has 1 fully saturated rings. The highest BCUT2D eigenvalue weighted by molar-refractivity contribution is 9.10. The molecule has 2 heterocycles. The molecule has 0 aliphatic carbocycles. The Bertz CT molecular complexity index is 418. The maximum absolute atomic E-state index is 5.92. The predicted octanol–water partition coefficient (Wildman–Crippen LogP) is 2.44. The first-order valence-electron chi connectivity index (χ1n) is 5.96. The van der Waals surface area contributed by atoms with E-state index in [0.29, 0.717) is 17.7 Å². The number of piperidine rings is 1. The number of halogens is 2. The summed E-state index contributed by atoms with van der Waals surface area (Å²) in [4.78, 5) is 6.63. The molecule has 1 aliphatic rings. The van der Waals surface area contributed by atoms with Gasteiger partial charge in [0.25, 0.3) is 0 Å². The Balaban J connectivity index is 2.21. The van der Waals surface area contributed by atoms with Gasteiger partial charge in [-0.2, -0.15) is 0 Å². The van der Waals surface area contributed by atoms with Gasteiger partial charge in [-0.05, 0) is 34.8 Å². The predicted molar refractivity (Wildman–Crippen MR) is 77.2 cm³/mol. The number of aromatic nitrogens is 1. The van der Waals surface area contributed by atoms with Crippen molar-refractivity contribution >= 4 is 33.3 Å². The number of nitrogens with zero attached hydrogens (tertiary/aromatic N) is 2. The monoisotopic (exact) mass is 333 g/mol. The lowest BCUT2D eigenvalue weighted by Crippen LogP contribution is -2.49. The number of hydrogen-bond donors (Lipinski definition) is 1. The van der Waals surface area contributed by atoms with E-state index in [-0.39, 0.29) is 6.04 Å². The fourth-order valence-electron chi connectivity index (χ4n) is 2.35. The minimum atomic E-state index is 0.258. The van der Waals surface area contributed by atoms with Crippen LogP contribution < -0.4 is 10.6 Å². The molecule has 1 aliphatic heterocycles. The van der Waals surface area contributed by atoms with Gasteiger partial charge in [0, 0.05) is 32.4 Å². The van der Waals surface area contributed by atoms with Crippen LogP contribution >= 0.6 is 27.5 Å². The molecule has 6 heteroatoms. The van der Waals surface area contributed by atoms with Gasteiger partial charge in [-0.25, -0.2) is 4.98 Å². The first-order valence-corrected chi connectivity index (χ1v) is 7.13. The summed E-state index contributed by atoms with van der Waals surface area (Å²) in [5.41, 5.74) is 5.86. The number of methoxy groups -OCH3 is 1. The third-order valence-electron chi connectivity index (χ3n) is 3.33. The van der Waals surface area contributed by atoms with E-state index in [4.69, 9.17) is 22.1 Å². The van der Waals surface area contributed by atoms with E-state index in [1.165, 1.54) is 0 Å². The third kappa shape index (κ3) is 2.96.